The summed E-state index contributed by atoms with van der Waals surface area (Å²) in [5, 5.41) is 0.862. The van der Waals surface area contributed by atoms with E-state index in [1.165, 1.54) is 0 Å². The number of anilines is 1. The van der Waals surface area contributed by atoms with Crippen molar-refractivity contribution >= 4 is 40.6 Å². The molecule has 0 saturated carbocycles. The van der Waals surface area contributed by atoms with Gasteiger partial charge in [-0.15, -0.1) is 0 Å². The third kappa shape index (κ3) is 3.17. The Kier molecular flexibility index (Phi) is 5.07. The van der Waals surface area contributed by atoms with Crippen LogP contribution in [0.3, 0.4) is 0 Å². The van der Waals surface area contributed by atoms with Gasteiger partial charge in [0.1, 0.15) is 0 Å². The fraction of sp³-hybridized carbons (Fsp3) is 0.304. The Bertz CT molecular complexity index is 1030. The van der Waals surface area contributed by atoms with Gasteiger partial charge >= 0.3 is 0 Å². The molecule has 144 valence electrons. The molecule has 1 unspecified atom stereocenters. The molecule has 0 radical (unpaired) electrons. The molecule has 0 fully saturated rings. The van der Waals surface area contributed by atoms with Crippen LogP contribution >= 0.6 is 23.2 Å². The average Bonchev–Trinajstić information content (AvgIpc) is 2.66. The van der Waals surface area contributed by atoms with Gasteiger partial charge in [0.15, 0.2) is 5.78 Å². The minimum atomic E-state index is -0.345. The Labute approximate surface area is 174 Å². The summed E-state index contributed by atoms with van der Waals surface area (Å²) < 4.78 is 0. The van der Waals surface area contributed by atoms with E-state index in [9.17, 15) is 9.59 Å². The molecular weight excluding hydrogens is 393 g/mol. The van der Waals surface area contributed by atoms with E-state index in [0.717, 1.165) is 40.1 Å². The smallest absolute Gasteiger partial charge is 0.232 e. The fourth-order valence-corrected chi connectivity index (χ4v) is 4.73. The lowest BCUT2D eigenvalue weighted by molar-refractivity contribution is -0.119. The van der Waals surface area contributed by atoms with Crippen LogP contribution in [-0.2, 0) is 9.59 Å². The number of carbonyl (C=O) groups is 2. The third-order valence-electron chi connectivity index (χ3n) is 5.64. The van der Waals surface area contributed by atoms with Crippen molar-refractivity contribution in [3.63, 3.8) is 0 Å². The number of allylic oxidation sites excluding steroid dienone is 2. The van der Waals surface area contributed by atoms with Crippen LogP contribution in [0.25, 0.3) is 0 Å². The molecule has 1 heterocycles. The molecule has 1 aliphatic heterocycles. The molecule has 4 rings (SSSR count). The van der Waals surface area contributed by atoms with Crippen LogP contribution in [0.1, 0.15) is 48.3 Å². The highest BCUT2D eigenvalue weighted by Crippen LogP contribution is 2.46. The van der Waals surface area contributed by atoms with E-state index in [1.807, 2.05) is 44.2 Å². The van der Waals surface area contributed by atoms with E-state index in [1.54, 1.807) is 11.0 Å². The largest absolute Gasteiger partial charge is 0.294 e. The Morgan fingerprint density at radius 2 is 1.82 bits per heavy atom. The lowest BCUT2D eigenvalue weighted by atomic mass is 9.77. The van der Waals surface area contributed by atoms with E-state index in [-0.39, 0.29) is 24.0 Å². The number of rotatable bonds is 2. The van der Waals surface area contributed by atoms with Crippen molar-refractivity contribution in [2.45, 2.75) is 45.4 Å². The minimum Gasteiger partial charge on any atom is -0.294 e. The molecule has 0 saturated heterocycles. The standard InChI is InChI=1S/C23H21Cl2NO2/c1-13-9-10-14(2)19(11-13)26-18-7-4-8-20(27)22(18)16(12-21(26)28)15-5-3-6-17(24)23(15)25/h3,5-6,9-11,16H,4,7-8,12H2,1-2H3. The van der Waals surface area contributed by atoms with Crippen LogP contribution < -0.4 is 4.90 Å². The summed E-state index contributed by atoms with van der Waals surface area (Å²) in [6, 6.07) is 11.5. The molecule has 0 bridgehead atoms. The molecule has 2 aromatic rings. The van der Waals surface area contributed by atoms with Crippen molar-refractivity contribution in [3.8, 4) is 0 Å². The number of hydrogen-bond acceptors (Lipinski definition) is 2. The highest BCUT2D eigenvalue weighted by Gasteiger charge is 2.40. The molecule has 5 heteroatoms. The van der Waals surface area contributed by atoms with E-state index < -0.39 is 0 Å². The molecular formula is C23H21Cl2NO2. The van der Waals surface area contributed by atoms with Gasteiger partial charge in [-0.05, 0) is 55.5 Å². The summed E-state index contributed by atoms with van der Waals surface area (Å²) in [6.45, 7) is 4.00. The van der Waals surface area contributed by atoms with Gasteiger partial charge in [0.2, 0.25) is 5.91 Å². The second-order valence-corrected chi connectivity index (χ2v) is 8.34. The maximum atomic E-state index is 13.3. The van der Waals surface area contributed by atoms with E-state index in [4.69, 9.17) is 23.2 Å². The Morgan fingerprint density at radius 3 is 2.61 bits per heavy atom. The molecule has 3 nitrogen and oxygen atoms in total. The maximum Gasteiger partial charge on any atom is 0.232 e. The molecule has 1 amide bonds. The number of Topliss-reactive ketones (excluding diaryl/α,β-unsaturated/α-hetero) is 1. The summed E-state index contributed by atoms with van der Waals surface area (Å²) in [7, 11) is 0. The van der Waals surface area contributed by atoms with Gasteiger partial charge in [-0.3, -0.25) is 14.5 Å². The second-order valence-electron chi connectivity index (χ2n) is 7.56. The lowest BCUT2D eigenvalue weighted by Gasteiger charge is -2.39. The predicted octanol–water partition coefficient (Wildman–Crippen LogP) is 6.14. The maximum absolute atomic E-state index is 13.3. The van der Waals surface area contributed by atoms with Crippen molar-refractivity contribution in [1.82, 2.24) is 0 Å². The number of amides is 1. The summed E-state index contributed by atoms with van der Waals surface area (Å²) in [6.07, 6.45) is 2.16. The fourth-order valence-electron chi connectivity index (χ4n) is 4.29. The predicted molar refractivity (Wildman–Crippen MR) is 113 cm³/mol. The van der Waals surface area contributed by atoms with E-state index in [2.05, 4.69) is 0 Å². The van der Waals surface area contributed by atoms with Gasteiger partial charge in [-0.25, -0.2) is 0 Å². The van der Waals surface area contributed by atoms with Gasteiger partial charge in [-0.2, -0.15) is 0 Å². The summed E-state index contributed by atoms with van der Waals surface area (Å²) >= 11 is 12.7. The number of carbonyl (C=O) groups excluding carboxylic acids is 2. The first-order valence-electron chi connectivity index (χ1n) is 9.49. The quantitative estimate of drug-likeness (QED) is 0.592. The number of benzene rings is 2. The summed E-state index contributed by atoms with van der Waals surface area (Å²) in [5.74, 6) is -0.254. The van der Waals surface area contributed by atoms with Crippen LogP contribution in [0.2, 0.25) is 10.0 Å². The normalized spacial score (nSPS) is 19.9. The number of ketones is 1. The average molecular weight is 414 g/mol. The van der Waals surface area contributed by atoms with E-state index in [0.29, 0.717) is 22.9 Å². The van der Waals surface area contributed by atoms with Gasteiger partial charge in [0, 0.05) is 30.0 Å². The highest BCUT2D eigenvalue weighted by atomic mass is 35.5. The molecule has 2 aliphatic rings. The van der Waals surface area contributed by atoms with Gasteiger partial charge in [0.25, 0.3) is 0 Å². The first-order valence-corrected chi connectivity index (χ1v) is 10.2. The van der Waals surface area contributed by atoms with Crippen molar-refractivity contribution in [2.24, 2.45) is 0 Å². The Hall–Kier alpha value is -2.10. The molecule has 2 aromatic carbocycles. The zero-order valence-electron chi connectivity index (χ0n) is 15.9. The topological polar surface area (TPSA) is 37.4 Å². The van der Waals surface area contributed by atoms with Gasteiger partial charge in [-0.1, -0.05) is 47.5 Å². The van der Waals surface area contributed by atoms with Crippen molar-refractivity contribution < 1.29 is 9.59 Å². The third-order valence-corrected chi connectivity index (χ3v) is 6.47. The molecule has 0 N–H and O–H groups in total. The molecule has 0 aromatic heterocycles. The number of aryl methyl sites for hydroxylation is 2. The monoisotopic (exact) mass is 413 g/mol. The molecule has 0 spiro atoms. The van der Waals surface area contributed by atoms with Crippen molar-refractivity contribution in [1.29, 1.82) is 0 Å². The number of hydrogen-bond donors (Lipinski definition) is 0. The molecule has 1 aliphatic carbocycles. The van der Waals surface area contributed by atoms with Crippen LogP contribution in [0.4, 0.5) is 5.69 Å². The molecule has 1 atom stereocenters. The van der Waals surface area contributed by atoms with Gasteiger partial charge < -0.3 is 0 Å². The SMILES string of the molecule is Cc1ccc(C)c(N2C(=O)CC(c3cccc(Cl)c3Cl)C3=C2CCCC3=O)c1. The molecule has 28 heavy (non-hydrogen) atoms. The minimum absolute atomic E-state index is 0.0109. The lowest BCUT2D eigenvalue weighted by Crippen LogP contribution is -2.41. The van der Waals surface area contributed by atoms with Gasteiger partial charge in [0.05, 0.1) is 15.7 Å². The van der Waals surface area contributed by atoms with Crippen LogP contribution in [-0.4, -0.2) is 11.7 Å². The van der Waals surface area contributed by atoms with E-state index >= 15 is 0 Å². The Morgan fingerprint density at radius 1 is 1.04 bits per heavy atom. The van der Waals surface area contributed by atoms with Crippen LogP contribution in [0.5, 0.6) is 0 Å². The zero-order chi connectivity index (χ0) is 20.0. The zero-order valence-corrected chi connectivity index (χ0v) is 17.4. The highest BCUT2D eigenvalue weighted by molar-refractivity contribution is 6.42. The number of nitrogens with zero attached hydrogens (tertiary/aromatic N) is 1. The first-order chi connectivity index (χ1) is 13.4. The van der Waals surface area contributed by atoms with Crippen molar-refractivity contribution in [2.75, 3.05) is 4.90 Å². The van der Waals surface area contributed by atoms with Crippen molar-refractivity contribution in [3.05, 3.63) is 74.4 Å². The Balaban J connectivity index is 1.92. The summed E-state index contributed by atoms with van der Waals surface area (Å²) in [4.78, 5) is 28.0. The van der Waals surface area contributed by atoms with Crippen LogP contribution in [0.15, 0.2) is 47.7 Å². The number of halogens is 2. The summed E-state index contributed by atoms with van der Waals surface area (Å²) in [5.41, 5.74) is 5.26. The second kappa shape index (κ2) is 7.38. The van der Waals surface area contributed by atoms with Crippen LogP contribution in [0, 0.1) is 13.8 Å². The first kappa shape index (κ1) is 19.2.